The van der Waals surface area contributed by atoms with Gasteiger partial charge < -0.3 is 14.0 Å². The lowest BCUT2D eigenvalue weighted by Crippen LogP contribution is -1.93. The summed E-state index contributed by atoms with van der Waals surface area (Å²) in [5.74, 6) is 0. The molecule has 0 aliphatic rings. The molecule has 0 spiro atoms. The molecule has 4 nitrogen and oxygen atoms in total. The van der Waals surface area contributed by atoms with E-state index in [9.17, 15) is 0 Å². The Morgan fingerprint density at radius 1 is 0.467 bits per heavy atom. The van der Waals surface area contributed by atoms with Crippen LogP contribution in [0.2, 0.25) is 0 Å². The van der Waals surface area contributed by atoms with Crippen molar-refractivity contribution in [3.05, 3.63) is 146 Å². The summed E-state index contributed by atoms with van der Waals surface area (Å²) in [6.07, 6.45) is 1.82. The number of rotatable bonds is 3. The minimum atomic E-state index is 0.806. The van der Waals surface area contributed by atoms with E-state index < -0.39 is 0 Å². The van der Waals surface area contributed by atoms with Gasteiger partial charge >= 0.3 is 0 Å². The first kappa shape index (κ1) is 24.3. The van der Waals surface area contributed by atoms with Gasteiger partial charge in [0.1, 0.15) is 11.1 Å². The molecule has 10 aromatic rings. The highest BCUT2D eigenvalue weighted by molar-refractivity contribution is 6.11. The van der Waals surface area contributed by atoms with Crippen LogP contribution in [0.15, 0.2) is 150 Å². The summed E-state index contributed by atoms with van der Waals surface area (Å²) in [6, 6.07) is 49.8. The van der Waals surface area contributed by atoms with Crippen molar-refractivity contribution < 1.29 is 4.42 Å². The molecule has 4 heteroatoms. The van der Waals surface area contributed by atoms with Gasteiger partial charge in [-0.05, 0) is 89.0 Å². The summed E-state index contributed by atoms with van der Waals surface area (Å²) >= 11 is 0. The van der Waals surface area contributed by atoms with Crippen LogP contribution in [0.4, 0.5) is 0 Å². The Bertz CT molecular complexity index is 2780. The number of aromatic amines is 1. The lowest BCUT2D eigenvalue weighted by molar-refractivity contribution is 0.668. The molecular formula is C41H25N3O. The van der Waals surface area contributed by atoms with Crippen molar-refractivity contribution in [1.82, 2.24) is 14.5 Å². The molecule has 0 aliphatic heterocycles. The number of hydrogen-bond donors (Lipinski definition) is 1. The average molecular weight is 576 g/mol. The third-order valence-corrected chi connectivity index (χ3v) is 9.18. The van der Waals surface area contributed by atoms with Crippen LogP contribution in [0, 0.1) is 0 Å². The molecule has 210 valence electrons. The molecule has 0 amide bonds. The van der Waals surface area contributed by atoms with E-state index in [1.807, 2.05) is 18.3 Å². The van der Waals surface area contributed by atoms with Crippen LogP contribution in [0.3, 0.4) is 0 Å². The van der Waals surface area contributed by atoms with Crippen molar-refractivity contribution in [2.24, 2.45) is 0 Å². The Morgan fingerprint density at radius 3 is 2.16 bits per heavy atom. The van der Waals surface area contributed by atoms with E-state index in [2.05, 4.69) is 142 Å². The van der Waals surface area contributed by atoms with Gasteiger partial charge in [0, 0.05) is 49.8 Å². The Balaban J connectivity index is 1.11. The molecule has 6 aromatic carbocycles. The Hall–Kier alpha value is -6.13. The Morgan fingerprint density at radius 2 is 1.22 bits per heavy atom. The first-order chi connectivity index (χ1) is 22.3. The predicted molar refractivity (Wildman–Crippen MR) is 186 cm³/mol. The standard InChI is InChI=1S/C41H25N3O/c1-3-11-35-30(9-1)31-17-14-28(23-36(31)43-35)26-8-5-7-25(21-26)27-15-18-38-33(22-27)32-10-2-4-12-37(32)44(38)29-16-19-39-34(24-29)41-40(45-39)13-6-20-42-41/h1-24,43H. The second-order valence-electron chi connectivity index (χ2n) is 11.7. The van der Waals surface area contributed by atoms with Crippen LogP contribution in [-0.4, -0.2) is 14.5 Å². The van der Waals surface area contributed by atoms with E-state index >= 15 is 0 Å². The first-order valence-electron chi connectivity index (χ1n) is 15.2. The molecule has 0 fully saturated rings. The van der Waals surface area contributed by atoms with Crippen molar-refractivity contribution in [3.63, 3.8) is 0 Å². The van der Waals surface area contributed by atoms with E-state index in [4.69, 9.17) is 4.42 Å². The normalized spacial score (nSPS) is 12.0. The minimum Gasteiger partial charge on any atom is -0.454 e. The fourth-order valence-electron chi connectivity index (χ4n) is 7.07. The lowest BCUT2D eigenvalue weighted by atomic mass is 9.97. The molecular weight excluding hydrogens is 550 g/mol. The zero-order chi connectivity index (χ0) is 29.5. The number of aromatic nitrogens is 3. The maximum absolute atomic E-state index is 6.07. The molecule has 4 aromatic heterocycles. The molecule has 4 heterocycles. The number of pyridine rings is 1. The van der Waals surface area contributed by atoms with Gasteiger partial charge in [-0.25, -0.2) is 0 Å². The SMILES string of the molecule is c1cc(-c2ccc3c(c2)[nH]c2ccccc23)cc(-c2ccc3c(c2)c2ccccc2n3-c2ccc3oc4cccnc4c3c2)c1. The van der Waals surface area contributed by atoms with E-state index in [0.717, 1.165) is 33.3 Å². The molecule has 45 heavy (non-hydrogen) atoms. The number of H-pyrrole nitrogens is 1. The summed E-state index contributed by atoms with van der Waals surface area (Å²) in [5, 5.41) is 5.99. The van der Waals surface area contributed by atoms with E-state index in [-0.39, 0.29) is 0 Å². The molecule has 0 atom stereocenters. The predicted octanol–water partition coefficient (Wildman–Crippen LogP) is 11.0. The fourth-order valence-corrected chi connectivity index (χ4v) is 7.07. The number of fused-ring (bicyclic) bond motifs is 9. The zero-order valence-corrected chi connectivity index (χ0v) is 24.2. The van der Waals surface area contributed by atoms with Gasteiger partial charge in [0.15, 0.2) is 5.58 Å². The van der Waals surface area contributed by atoms with Crippen LogP contribution in [0.25, 0.3) is 93.6 Å². The van der Waals surface area contributed by atoms with Gasteiger partial charge in [-0.2, -0.15) is 0 Å². The Labute approximate surface area is 257 Å². The third kappa shape index (κ3) is 3.63. The Kier molecular flexibility index (Phi) is 4.96. The largest absolute Gasteiger partial charge is 0.454 e. The van der Waals surface area contributed by atoms with Gasteiger partial charge in [-0.3, -0.25) is 4.98 Å². The van der Waals surface area contributed by atoms with Gasteiger partial charge in [0.2, 0.25) is 0 Å². The highest BCUT2D eigenvalue weighted by atomic mass is 16.3. The lowest BCUT2D eigenvalue weighted by Gasteiger charge is -2.09. The topological polar surface area (TPSA) is 46.8 Å². The molecule has 0 unspecified atom stereocenters. The molecule has 0 aliphatic carbocycles. The van der Waals surface area contributed by atoms with Gasteiger partial charge in [-0.15, -0.1) is 0 Å². The fraction of sp³-hybridized carbons (Fsp3) is 0. The summed E-state index contributed by atoms with van der Waals surface area (Å²) in [7, 11) is 0. The molecule has 1 N–H and O–H groups in total. The maximum Gasteiger partial charge on any atom is 0.153 e. The highest BCUT2D eigenvalue weighted by Gasteiger charge is 2.16. The van der Waals surface area contributed by atoms with Crippen LogP contribution >= 0.6 is 0 Å². The summed E-state index contributed by atoms with van der Waals surface area (Å²) in [5.41, 5.74) is 13.1. The van der Waals surface area contributed by atoms with Crippen molar-refractivity contribution in [1.29, 1.82) is 0 Å². The third-order valence-electron chi connectivity index (χ3n) is 9.18. The molecule has 0 bridgehead atoms. The van der Waals surface area contributed by atoms with Crippen LogP contribution in [0.1, 0.15) is 0 Å². The van der Waals surface area contributed by atoms with Crippen molar-refractivity contribution >= 4 is 65.7 Å². The maximum atomic E-state index is 6.07. The van der Waals surface area contributed by atoms with Gasteiger partial charge in [0.25, 0.3) is 0 Å². The van der Waals surface area contributed by atoms with E-state index in [1.54, 1.807) is 0 Å². The number of para-hydroxylation sites is 2. The van der Waals surface area contributed by atoms with E-state index in [1.165, 1.54) is 60.3 Å². The summed E-state index contributed by atoms with van der Waals surface area (Å²) in [6.45, 7) is 0. The monoisotopic (exact) mass is 575 g/mol. The molecule has 10 rings (SSSR count). The number of benzene rings is 6. The summed E-state index contributed by atoms with van der Waals surface area (Å²) < 4.78 is 8.42. The van der Waals surface area contributed by atoms with Crippen molar-refractivity contribution in [2.75, 3.05) is 0 Å². The second kappa shape index (κ2) is 9.18. The number of furan rings is 1. The number of nitrogens with one attached hydrogen (secondary N) is 1. The van der Waals surface area contributed by atoms with Crippen LogP contribution < -0.4 is 0 Å². The molecule has 0 saturated heterocycles. The quantitative estimate of drug-likeness (QED) is 0.228. The first-order valence-corrected chi connectivity index (χ1v) is 15.2. The molecule has 0 saturated carbocycles. The summed E-state index contributed by atoms with van der Waals surface area (Å²) in [4.78, 5) is 8.20. The molecule has 0 radical (unpaired) electrons. The van der Waals surface area contributed by atoms with Gasteiger partial charge in [-0.1, -0.05) is 72.8 Å². The van der Waals surface area contributed by atoms with Crippen LogP contribution in [0.5, 0.6) is 0 Å². The van der Waals surface area contributed by atoms with E-state index in [0.29, 0.717) is 0 Å². The van der Waals surface area contributed by atoms with Crippen LogP contribution in [-0.2, 0) is 0 Å². The minimum absolute atomic E-state index is 0.806. The number of nitrogens with zero attached hydrogens (tertiary/aromatic N) is 2. The zero-order valence-electron chi connectivity index (χ0n) is 24.2. The van der Waals surface area contributed by atoms with Crippen molar-refractivity contribution in [3.8, 4) is 27.9 Å². The highest BCUT2D eigenvalue weighted by Crippen LogP contribution is 2.38. The smallest absolute Gasteiger partial charge is 0.153 e. The number of hydrogen-bond acceptors (Lipinski definition) is 2. The van der Waals surface area contributed by atoms with Crippen molar-refractivity contribution in [2.45, 2.75) is 0 Å². The van der Waals surface area contributed by atoms with Gasteiger partial charge in [0.05, 0.1) is 11.0 Å². The second-order valence-corrected chi connectivity index (χ2v) is 11.7. The average Bonchev–Trinajstić information content (AvgIpc) is 3.77.